The summed E-state index contributed by atoms with van der Waals surface area (Å²) in [5.41, 5.74) is 0.616. The van der Waals surface area contributed by atoms with E-state index in [1.54, 1.807) is 18.2 Å². The van der Waals surface area contributed by atoms with Gasteiger partial charge in [-0.3, -0.25) is 0 Å². The van der Waals surface area contributed by atoms with Crippen molar-refractivity contribution in [2.24, 2.45) is 5.10 Å². The summed E-state index contributed by atoms with van der Waals surface area (Å²) in [5.74, 6) is 1.14. The normalized spacial score (nSPS) is 11.6. The highest BCUT2D eigenvalue weighted by Crippen LogP contribution is 2.31. The number of hydrogen-bond acceptors (Lipinski definition) is 5. The molecule has 0 fully saturated rings. The molecule has 27 heavy (non-hydrogen) atoms. The molecule has 0 atom stereocenters. The summed E-state index contributed by atoms with van der Waals surface area (Å²) < 4.78 is 35.7. The van der Waals surface area contributed by atoms with Crippen LogP contribution in [0, 0.1) is 0 Å². The molecular formula is C17H17Cl3N2O4S. The molecule has 0 aliphatic rings. The summed E-state index contributed by atoms with van der Waals surface area (Å²) >= 11 is 17.6. The van der Waals surface area contributed by atoms with Gasteiger partial charge in [-0.15, -0.1) is 0 Å². The third-order valence-corrected chi connectivity index (χ3v) is 5.63. The van der Waals surface area contributed by atoms with Crippen molar-refractivity contribution >= 4 is 51.0 Å². The van der Waals surface area contributed by atoms with Gasteiger partial charge >= 0.3 is 0 Å². The topological polar surface area (TPSA) is 77.0 Å². The molecule has 146 valence electrons. The summed E-state index contributed by atoms with van der Waals surface area (Å²) in [5, 5.41) is 3.93. The fourth-order valence-electron chi connectivity index (χ4n) is 2.08. The van der Waals surface area contributed by atoms with Gasteiger partial charge in [-0.1, -0.05) is 34.8 Å². The van der Waals surface area contributed by atoms with Crippen LogP contribution in [0.3, 0.4) is 0 Å². The van der Waals surface area contributed by atoms with Gasteiger partial charge < -0.3 is 9.47 Å². The Balaban J connectivity index is 2.21. The number of nitrogens with zero attached hydrogens (tertiary/aromatic N) is 1. The molecule has 2 aromatic rings. The third-order valence-electron chi connectivity index (χ3n) is 3.22. The molecule has 0 heterocycles. The molecule has 0 saturated heterocycles. The first-order valence-corrected chi connectivity index (χ1v) is 10.5. The Kier molecular flexibility index (Phi) is 7.61. The van der Waals surface area contributed by atoms with Crippen molar-refractivity contribution < 1.29 is 17.9 Å². The molecule has 6 nitrogen and oxygen atoms in total. The Hall–Kier alpha value is -1.67. The maximum Gasteiger partial charge on any atom is 0.278 e. The van der Waals surface area contributed by atoms with E-state index >= 15 is 0 Å². The quantitative estimate of drug-likeness (QED) is 0.357. The first-order valence-electron chi connectivity index (χ1n) is 7.87. The van der Waals surface area contributed by atoms with Gasteiger partial charge in [0.15, 0.2) is 11.5 Å². The Morgan fingerprint density at radius 2 is 1.59 bits per heavy atom. The maximum atomic E-state index is 12.4. The second-order valence-corrected chi connectivity index (χ2v) is 7.97. The first kappa shape index (κ1) is 21.6. The van der Waals surface area contributed by atoms with E-state index in [9.17, 15) is 8.42 Å². The van der Waals surface area contributed by atoms with Crippen LogP contribution in [0.15, 0.2) is 40.3 Å². The van der Waals surface area contributed by atoms with Crippen molar-refractivity contribution in [3.05, 3.63) is 51.0 Å². The standard InChI is InChI=1S/C17H17Cl3N2O4S/c1-3-25-15-6-5-11(7-16(15)26-4-2)10-21-22-27(23,24)17-9-13(19)12(18)8-14(17)20/h5-10,22H,3-4H2,1-2H3. The number of sulfonamides is 1. The Morgan fingerprint density at radius 3 is 2.26 bits per heavy atom. The Bertz CT molecular complexity index is 949. The molecule has 0 amide bonds. The molecule has 10 heteroatoms. The average molecular weight is 452 g/mol. The SMILES string of the molecule is CCOc1ccc(C=NNS(=O)(=O)c2cc(Cl)c(Cl)cc2Cl)cc1OCC. The van der Waals surface area contributed by atoms with Crippen molar-refractivity contribution in [1.82, 2.24) is 4.83 Å². The van der Waals surface area contributed by atoms with Crippen LogP contribution in [0.25, 0.3) is 0 Å². The van der Waals surface area contributed by atoms with Crippen molar-refractivity contribution in [3.8, 4) is 11.5 Å². The van der Waals surface area contributed by atoms with E-state index in [1.807, 2.05) is 13.8 Å². The highest BCUT2D eigenvalue weighted by molar-refractivity contribution is 7.89. The summed E-state index contributed by atoms with van der Waals surface area (Å²) in [4.78, 5) is 1.86. The molecule has 0 spiro atoms. The summed E-state index contributed by atoms with van der Waals surface area (Å²) in [6, 6.07) is 7.55. The van der Waals surface area contributed by atoms with Gasteiger partial charge in [0.25, 0.3) is 10.0 Å². The number of hydrogen-bond donors (Lipinski definition) is 1. The minimum absolute atomic E-state index is 0.0631. The van der Waals surface area contributed by atoms with Crippen LogP contribution in [0.1, 0.15) is 19.4 Å². The third kappa shape index (κ3) is 5.65. The minimum atomic E-state index is -4.02. The zero-order valence-electron chi connectivity index (χ0n) is 14.5. The van der Waals surface area contributed by atoms with E-state index in [1.165, 1.54) is 12.3 Å². The Labute approximate surface area is 173 Å². The molecule has 0 saturated carbocycles. The zero-order chi connectivity index (χ0) is 20.0. The highest BCUT2D eigenvalue weighted by atomic mass is 35.5. The molecule has 0 aliphatic heterocycles. The molecule has 0 unspecified atom stereocenters. The van der Waals surface area contributed by atoms with Crippen LogP contribution < -0.4 is 14.3 Å². The number of benzene rings is 2. The number of nitrogens with one attached hydrogen (secondary N) is 1. The van der Waals surface area contributed by atoms with Gasteiger partial charge in [0.05, 0.1) is 34.5 Å². The lowest BCUT2D eigenvalue weighted by molar-refractivity contribution is 0.288. The fourth-order valence-corrected chi connectivity index (χ4v) is 3.87. The largest absolute Gasteiger partial charge is 0.490 e. The van der Waals surface area contributed by atoms with E-state index in [0.29, 0.717) is 30.3 Å². The van der Waals surface area contributed by atoms with Gasteiger partial charge in [0.1, 0.15) is 4.90 Å². The minimum Gasteiger partial charge on any atom is -0.490 e. The van der Waals surface area contributed by atoms with E-state index in [0.717, 1.165) is 6.07 Å². The zero-order valence-corrected chi connectivity index (χ0v) is 17.6. The molecule has 0 radical (unpaired) electrons. The van der Waals surface area contributed by atoms with Crippen LogP contribution in [-0.4, -0.2) is 27.8 Å². The van der Waals surface area contributed by atoms with Crippen LogP contribution in [-0.2, 0) is 10.0 Å². The number of ether oxygens (including phenoxy) is 2. The molecular weight excluding hydrogens is 435 g/mol. The number of rotatable bonds is 8. The number of halogens is 3. The predicted molar refractivity (Wildman–Crippen MR) is 108 cm³/mol. The van der Waals surface area contributed by atoms with Gasteiger partial charge in [-0.25, -0.2) is 4.83 Å². The maximum absolute atomic E-state index is 12.4. The first-order chi connectivity index (χ1) is 12.8. The van der Waals surface area contributed by atoms with E-state index < -0.39 is 10.0 Å². The molecule has 0 aliphatic carbocycles. The van der Waals surface area contributed by atoms with Crippen molar-refractivity contribution in [2.45, 2.75) is 18.7 Å². The van der Waals surface area contributed by atoms with Gasteiger partial charge in [0.2, 0.25) is 0 Å². The fraction of sp³-hybridized carbons (Fsp3) is 0.235. The predicted octanol–water partition coefficient (Wildman–Crippen LogP) is 4.76. The molecule has 0 aromatic heterocycles. The van der Waals surface area contributed by atoms with Gasteiger partial charge in [-0.2, -0.15) is 13.5 Å². The van der Waals surface area contributed by atoms with Crippen LogP contribution in [0.2, 0.25) is 15.1 Å². The second kappa shape index (κ2) is 9.50. The van der Waals surface area contributed by atoms with Gasteiger partial charge in [-0.05, 0) is 49.7 Å². The molecule has 2 aromatic carbocycles. The van der Waals surface area contributed by atoms with Crippen LogP contribution in [0.5, 0.6) is 11.5 Å². The van der Waals surface area contributed by atoms with Crippen molar-refractivity contribution in [2.75, 3.05) is 13.2 Å². The van der Waals surface area contributed by atoms with Crippen LogP contribution in [0.4, 0.5) is 0 Å². The molecule has 1 N–H and O–H groups in total. The summed E-state index contributed by atoms with van der Waals surface area (Å²) in [6.45, 7) is 4.68. The average Bonchev–Trinajstić information content (AvgIpc) is 2.60. The molecule has 0 bridgehead atoms. The number of hydrazone groups is 1. The lowest BCUT2D eigenvalue weighted by Crippen LogP contribution is -2.18. The van der Waals surface area contributed by atoms with Crippen molar-refractivity contribution in [1.29, 1.82) is 0 Å². The van der Waals surface area contributed by atoms with Crippen LogP contribution >= 0.6 is 34.8 Å². The summed E-state index contributed by atoms with van der Waals surface area (Å²) in [7, 11) is -4.02. The van der Waals surface area contributed by atoms with E-state index in [2.05, 4.69) is 9.93 Å². The Morgan fingerprint density at radius 1 is 0.963 bits per heavy atom. The second-order valence-electron chi connectivity index (χ2n) is 5.12. The highest BCUT2D eigenvalue weighted by Gasteiger charge is 2.19. The summed E-state index contributed by atoms with van der Waals surface area (Å²) in [6.07, 6.45) is 1.33. The van der Waals surface area contributed by atoms with E-state index in [-0.39, 0.29) is 20.0 Å². The monoisotopic (exact) mass is 450 g/mol. The van der Waals surface area contributed by atoms with E-state index in [4.69, 9.17) is 44.3 Å². The van der Waals surface area contributed by atoms with Crippen molar-refractivity contribution in [3.63, 3.8) is 0 Å². The lowest BCUT2D eigenvalue weighted by atomic mass is 10.2. The molecule has 2 rings (SSSR count). The van der Waals surface area contributed by atoms with Gasteiger partial charge in [0, 0.05) is 0 Å². The smallest absolute Gasteiger partial charge is 0.278 e. The lowest BCUT2D eigenvalue weighted by Gasteiger charge is -2.11.